The first kappa shape index (κ1) is 17.5. The zero-order valence-electron chi connectivity index (χ0n) is 15.4. The monoisotopic (exact) mass is 380 g/mol. The van der Waals surface area contributed by atoms with E-state index in [1.807, 2.05) is 36.7 Å². The molecule has 6 nitrogen and oxygen atoms in total. The highest BCUT2D eigenvalue weighted by atomic mass is 32.1. The summed E-state index contributed by atoms with van der Waals surface area (Å²) in [5.41, 5.74) is 2.07. The number of pyridine rings is 1. The van der Waals surface area contributed by atoms with E-state index in [4.69, 9.17) is 9.40 Å². The molecule has 0 radical (unpaired) electrons. The second-order valence-corrected chi connectivity index (χ2v) is 7.94. The van der Waals surface area contributed by atoms with Gasteiger partial charge in [-0.2, -0.15) is 5.10 Å². The average Bonchev–Trinajstić information content (AvgIpc) is 3.38. The molecule has 1 amide bonds. The second kappa shape index (κ2) is 7.00. The minimum Gasteiger partial charge on any atom is -0.467 e. The normalized spacial score (nSPS) is 11.4. The highest BCUT2D eigenvalue weighted by Gasteiger charge is 2.19. The SMILES string of the molecule is Cc1ccc(-c2cc(C(=O)NCc3ccco3)c3cnn(C(C)C)c3n2)s1. The van der Waals surface area contributed by atoms with Gasteiger partial charge in [-0.05, 0) is 51.1 Å². The van der Waals surface area contributed by atoms with E-state index in [-0.39, 0.29) is 11.9 Å². The van der Waals surface area contributed by atoms with Crippen LogP contribution in [0.4, 0.5) is 0 Å². The number of rotatable bonds is 5. The first-order valence-corrected chi connectivity index (χ1v) is 9.60. The number of carbonyl (C=O) groups is 1. The van der Waals surface area contributed by atoms with Crippen molar-refractivity contribution in [3.8, 4) is 10.6 Å². The molecule has 0 unspecified atom stereocenters. The Bertz CT molecular complexity index is 1090. The summed E-state index contributed by atoms with van der Waals surface area (Å²) in [5.74, 6) is 0.539. The molecule has 0 aliphatic heterocycles. The average molecular weight is 380 g/mol. The Kier molecular flexibility index (Phi) is 4.53. The van der Waals surface area contributed by atoms with Crippen molar-refractivity contribution in [3.63, 3.8) is 0 Å². The van der Waals surface area contributed by atoms with Gasteiger partial charge in [0.1, 0.15) is 5.76 Å². The number of aryl methyl sites for hydroxylation is 1. The Hall–Kier alpha value is -2.93. The number of aromatic nitrogens is 3. The topological polar surface area (TPSA) is 73.0 Å². The van der Waals surface area contributed by atoms with Crippen molar-refractivity contribution in [1.82, 2.24) is 20.1 Å². The van der Waals surface area contributed by atoms with Crippen molar-refractivity contribution in [1.29, 1.82) is 0 Å². The Morgan fingerprint density at radius 3 is 2.85 bits per heavy atom. The fourth-order valence-corrected chi connectivity index (χ4v) is 3.79. The van der Waals surface area contributed by atoms with Crippen molar-refractivity contribution < 1.29 is 9.21 Å². The van der Waals surface area contributed by atoms with Gasteiger partial charge in [-0.1, -0.05) is 0 Å². The van der Waals surface area contributed by atoms with Gasteiger partial charge < -0.3 is 9.73 Å². The number of hydrogen-bond donors (Lipinski definition) is 1. The van der Waals surface area contributed by atoms with Crippen LogP contribution in [0.15, 0.2) is 47.2 Å². The lowest BCUT2D eigenvalue weighted by molar-refractivity contribution is 0.0949. The van der Waals surface area contributed by atoms with Crippen molar-refractivity contribution in [2.24, 2.45) is 0 Å². The van der Waals surface area contributed by atoms with E-state index < -0.39 is 0 Å². The van der Waals surface area contributed by atoms with Crippen molar-refractivity contribution >= 4 is 28.3 Å². The predicted octanol–water partition coefficient (Wildman–Crippen LogP) is 4.57. The van der Waals surface area contributed by atoms with Crippen LogP contribution in [0, 0.1) is 6.92 Å². The van der Waals surface area contributed by atoms with Gasteiger partial charge in [0.25, 0.3) is 5.91 Å². The maximum absolute atomic E-state index is 12.9. The van der Waals surface area contributed by atoms with Crippen LogP contribution in [-0.4, -0.2) is 20.7 Å². The molecule has 0 aliphatic rings. The van der Waals surface area contributed by atoms with Crippen LogP contribution in [0.5, 0.6) is 0 Å². The van der Waals surface area contributed by atoms with Gasteiger partial charge in [-0.15, -0.1) is 11.3 Å². The molecule has 4 aromatic rings. The fourth-order valence-electron chi connectivity index (χ4n) is 2.96. The number of amides is 1. The molecule has 0 saturated carbocycles. The van der Waals surface area contributed by atoms with Gasteiger partial charge in [0.2, 0.25) is 0 Å². The van der Waals surface area contributed by atoms with Crippen LogP contribution in [0.2, 0.25) is 0 Å². The van der Waals surface area contributed by atoms with Crippen LogP contribution >= 0.6 is 11.3 Å². The van der Waals surface area contributed by atoms with Gasteiger partial charge in [0.05, 0.1) is 40.5 Å². The molecular weight excluding hydrogens is 360 g/mol. The molecule has 138 valence electrons. The summed E-state index contributed by atoms with van der Waals surface area (Å²) >= 11 is 1.66. The third-order valence-corrected chi connectivity index (χ3v) is 5.32. The highest BCUT2D eigenvalue weighted by molar-refractivity contribution is 7.15. The first-order valence-electron chi connectivity index (χ1n) is 8.78. The zero-order chi connectivity index (χ0) is 19.0. The molecule has 1 N–H and O–H groups in total. The second-order valence-electron chi connectivity index (χ2n) is 6.65. The van der Waals surface area contributed by atoms with Crippen LogP contribution in [0.25, 0.3) is 21.6 Å². The maximum Gasteiger partial charge on any atom is 0.252 e. The first-order chi connectivity index (χ1) is 13.0. The number of carbonyl (C=O) groups excluding carboxylic acids is 1. The quantitative estimate of drug-likeness (QED) is 0.550. The molecule has 27 heavy (non-hydrogen) atoms. The van der Waals surface area contributed by atoms with Crippen LogP contribution in [-0.2, 0) is 6.54 Å². The molecule has 0 bridgehead atoms. The van der Waals surface area contributed by atoms with E-state index in [1.54, 1.807) is 29.9 Å². The van der Waals surface area contributed by atoms with E-state index in [0.717, 1.165) is 21.6 Å². The van der Waals surface area contributed by atoms with Crippen molar-refractivity contribution in [2.75, 3.05) is 0 Å². The summed E-state index contributed by atoms with van der Waals surface area (Å²) in [5, 5.41) is 8.12. The van der Waals surface area contributed by atoms with E-state index >= 15 is 0 Å². The predicted molar refractivity (Wildman–Crippen MR) is 106 cm³/mol. The summed E-state index contributed by atoms with van der Waals surface area (Å²) in [6.07, 6.45) is 3.31. The number of fused-ring (bicyclic) bond motifs is 1. The maximum atomic E-state index is 12.9. The molecule has 0 saturated heterocycles. The molecule has 7 heteroatoms. The molecule has 0 aromatic carbocycles. The molecule has 4 rings (SSSR count). The Morgan fingerprint density at radius 1 is 1.33 bits per heavy atom. The van der Waals surface area contributed by atoms with Crippen LogP contribution in [0.1, 0.15) is 40.9 Å². The summed E-state index contributed by atoms with van der Waals surface area (Å²) in [4.78, 5) is 19.9. The Morgan fingerprint density at radius 2 is 2.19 bits per heavy atom. The Labute approximate surface area is 160 Å². The molecule has 0 fully saturated rings. The smallest absolute Gasteiger partial charge is 0.252 e. The van der Waals surface area contributed by atoms with E-state index in [1.165, 1.54) is 4.88 Å². The minimum atomic E-state index is -0.170. The number of furan rings is 1. The Balaban J connectivity index is 1.78. The lowest BCUT2D eigenvalue weighted by atomic mass is 10.1. The molecule has 0 aliphatic carbocycles. The third-order valence-electron chi connectivity index (χ3n) is 4.30. The van der Waals surface area contributed by atoms with Gasteiger partial charge in [-0.3, -0.25) is 4.79 Å². The minimum absolute atomic E-state index is 0.148. The standard InChI is InChI=1S/C20H20N4O2S/c1-12(2)24-19-16(11-22-24)15(20(25)21-10-14-5-4-8-26-14)9-17(23-19)18-7-6-13(3)27-18/h4-9,11-12H,10H2,1-3H3,(H,21,25). The van der Waals surface area contributed by atoms with Gasteiger partial charge >= 0.3 is 0 Å². The molecular formula is C20H20N4O2S. The van der Waals surface area contributed by atoms with Crippen molar-refractivity contribution in [3.05, 3.63) is 59.0 Å². The highest BCUT2D eigenvalue weighted by Crippen LogP contribution is 2.30. The molecule has 4 heterocycles. The van der Waals surface area contributed by atoms with E-state index in [2.05, 4.69) is 23.4 Å². The summed E-state index contributed by atoms with van der Waals surface area (Å²) in [7, 11) is 0. The fraction of sp³-hybridized carbons (Fsp3) is 0.250. The van der Waals surface area contributed by atoms with Crippen LogP contribution < -0.4 is 5.32 Å². The van der Waals surface area contributed by atoms with Gasteiger partial charge in [0.15, 0.2) is 5.65 Å². The molecule has 0 atom stereocenters. The number of hydrogen-bond acceptors (Lipinski definition) is 5. The lowest BCUT2D eigenvalue weighted by Crippen LogP contribution is -2.23. The van der Waals surface area contributed by atoms with E-state index in [9.17, 15) is 4.79 Å². The molecule has 4 aromatic heterocycles. The summed E-state index contributed by atoms with van der Waals surface area (Å²) < 4.78 is 7.15. The number of nitrogens with zero attached hydrogens (tertiary/aromatic N) is 3. The van der Waals surface area contributed by atoms with Crippen LogP contribution in [0.3, 0.4) is 0 Å². The number of nitrogens with one attached hydrogen (secondary N) is 1. The molecule has 0 spiro atoms. The number of thiophene rings is 1. The van der Waals surface area contributed by atoms with Gasteiger partial charge in [0, 0.05) is 10.9 Å². The summed E-state index contributed by atoms with van der Waals surface area (Å²) in [6, 6.07) is 9.72. The largest absolute Gasteiger partial charge is 0.467 e. The lowest BCUT2D eigenvalue weighted by Gasteiger charge is -2.10. The van der Waals surface area contributed by atoms with E-state index in [0.29, 0.717) is 17.9 Å². The third kappa shape index (κ3) is 3.38. The zero-order valence-corrected chi connectivity index (χ0v) is 16.2. The summed E-state index contributed by atoms with van der Waals surface area (Å²) in [6.45, 7) is 6.49. The van der Waals surface area contributed by atoms with Gasteiger partial charge in [-0.25, -0.2) is 9.67 Å². The van der Waals surface area contributed by atoms with Crippen molar-refractivity contribution in [2.45, 2.75) is 33.4 Å².